The minimum atomic E-state index is 1.42. The standard InChI is InChI=1S/2C9H13.C2H4.Ti/c2*1-6-5-7(2)9(4)8(6)3;1-2;/h2*5H,1-4H3;1H,2H3;/q2*-1;;+2. The molecule has 0 fully saturated rings. The van der Waals surface area contributed by atoms with Gasteiger partial charge in [0.1, 0.15) is 0 Å². The van der Waals surface area contributed by atoms with Crippen LogP contribution in [0.3, 0.4) is 0 Å². The largest absolute Gasteiger partial charge is 0.196 e. The molecule has 1 heteroatoms. The van der Waals surface area contributed by atoms with E-state index >= 15 is 0 Å². The first-order chi connectivity index (χ1) is 9.67. The molecule has 21 heavy (non-hydrogen) atoms. The summed E-state index contributed by atoms with van der Waals surface area (Å²) in [5, 5.41) is 0. The van der Waals surface area contributed by atoms with Crippen molar-refractivity contribution in [1.82, 2.24) is 0 Å². The Balaban J connectivity index is 0.000000322. The van der Waals surface area contributed by atoms with Crippen LogP contribution in [0.25, 0.3) is 0 Å². The predicted molar refractivity (Wildman–Crippen MR) is 93.7 cm³/mol. The van der Waals surface area contributed by atoms with E-state index in [0.29, 0.717) is 0 Å². The van der Waals surface area contributed by atoms with Crippen molar-refractivity contribution in [3.63, 3.8) is 0 Å². The first-order valence-electron chi connectivity index (χ1n) is 7.52. The second-order valence-electron chi connectivity index (χ2n) is 5.81. The molecule has 0 aliphatic carbocycles. The van der Waals surface area contributed by atoms with Gasteiger partial charge in [0.2, 0.25) is 0 Å². The summed E-state index contributed by atoms with van der Waals surface area (Å²) in [5.74, 6) is 0. The smallest absolute Gasteiger partial charge is 0.0632 e. The average Bonchev–Trinajstić information content (AvgIpc) is 2.77. The Kier molecular flexibility index (Phi) is 9.01. The zero-order valence-corrected chi connectivity index (χ0v) is 16.8. The summed E-state index contributed by atoms with van der Waals surface area (Å²) < 4.78 is 2.00. The molecule has 0 bridgehead atoms. The minimum Gasteiger partial charge on any atom is -0.196 e. The molecule has 0 saturated heterocycles. The molecule has 2 rings (SSSR count). The summed E-state index contributed by atoms with van der Waals surface area (Å²) in [7, 11) is 0. The van der Waals surface area contributed by atoms with Crippen molar-refractivity contribution in [1.29, 1.82) is 0 Å². The van der Waals surface area contributed by atoms with Gasteiger partial charge in [0.15, 0.2) is 0 Å². The first-order valence-corrected chi connectivity index (χ1v) is 8.42. The van der Waals surface area contributed by atoms with E-state index in [0.717, 1.165) is 0 Å². The SMILES string of the molecule is C[CH]=[Ti+2].Cc1[cH-]c(C)c(C)c1C.Cc1[cH-]c(C)c(C)c1C. The molecule has 0 radical (unpaired) electrons. The van der Waals surface area contributed by atoms with Gasteiger partial charge in [-0.2, -0.15) is 56.6 Å². The fourth-order valence-electron chi connectivity index (χ4n) is 2.27. The molecular weight excluding hydrogens is 288 g/mol. The summed E-state index contributed by atoms with van der Waals surface area (Å²) >= 11 is 2.00. The van der Waals surface area contributed by atoms with Crippen molar-refractivity contribution >= 4 is 4.31 Å². The number of aryl methyl sites for hydroxylation is 4. The molecule has 0 saturated carbocycles. The van der Waals surface area contributed by atoms with E-state index in [1.54, 1.807) is 0 Å². The van der Waals surface area contributed by atoms with Gasteiger partial charge in [-0.1, -0.05) is 55.4 Å². The maximum absolute atomic E-state index is 2.24. The summed E-state index contributed by atoms with van der Waals surface area (Å²) in [6.45, 7) is 19.4. The fraction of sp³-hybridized carbons (Fsp3) is 0.450. The van der Waals surface area contributed by atoms with E-state index < -0.39 is 0 Å². The minimum absolute atomic E-state index is 1.42. The van der Waals surface area contributed by atoms with E-state index in [2.05, 4.69) is 67.5 Å². The molecule has 114 valence electrons. The van der Waals surface area contributed by atoms with E-state index in [9.17, 15) is 0 Å². The van der Waals surface area contributed by atoms with Gasteiger partial charge >= 0.3 is 31.2 Å². The normalized spacial score (nSPS) is 9.48. The average molecular weight is 318 g/mol. The van der Waals surface area contributed by atoms with Crippen molar-refractivity contribution in [2.24, 2.45) is 0 Å². The van der Waals surface area contributed by atoms with Gasteiger partial charge < -0.3 is 0 Å². The molecule has 0 amide bonds. The van der Waals surface area contributed by atoms with Crippen LogP contribution in [-0.4, -0.2) is 4.31 Å². The summed E-state index contributed by atoms with van der Waals surface area (Å²) in [4.78, 5) is 0. The fourth-order valence-corrected chi connectivity index (χ4v) is 2.27. The number of hydrogen-bond donors (Lipinski definition) is 0. The number of rotatable bonds is 0. The third-order valence-electron chi connectivity index (χ3n) is 4.36. The summed E-state index contributed by atoms with van der Waals surface area (Å²) in [6.07, 6.45) is 0. The molecule has 0 N–H and O–H groups in total. The Labute approximate surface area is 143 Å². The van der Waals surface area contributed by atoms with Crippen molar-refractivity contribution < 1.29 is 20.0 Å². The van der Waals surface area contributed by atoms with Gasteiger partial charge in [-0.25, -0.2) is 0 Å². The van der Waals surface area contributed by atoms with Crippen LogP contribution >= 0.6 is 0 Å². The first kappa shape index (κ1) is 20.3. The van der Waals surface area contributed by atoms with E-state index in [1.807, 2.05) is 31.2 Å². The molecule has 0 heterocycles. The molecule has 0 aliphatic heterocycles. The Morgan fingerprint density at radius 3 is 0.762 bits per heavy atom. The van der Waals surface area contributed by atoms with Gasteiger partial charge in [-0.3, -0.25) is 0 Å². The number of hydrogen-bond acceptors (Lipinski definition) is 0. The summed E-state index contributed by atoms with van der Waals surface area (Å²) in [6, 6.07) is 4.48. The molecular formula is C20H30Ti. The van der Waals surface area contributed by atoms with Crippen LogP contribution in [0.4, 0.5) is 0 Å². The van der Waals surface area contributed by atoms with Gasteiger partial charge in [0, 0.05) is 0 Å². The van der Waals surface area contributed by atoms with Crippen molar-refractivity contribution in [2.45, 2.75) is 62.3 Å². The van der Waals surface area contributed by atoms with Crippen LogP contribution in [0.5, 0.6) is 0 Å². The second kappa shape index (κ2) is 9.33. The quantitative estimate of drug-likeness (QED) is 0.436. The third-order valence-corrected chi connectivity index (χ3v) is 4.36. The molecule has 0 atom stereocenters. The van der Waals surface area contributed by atoms with Crippen LogP contribution in [0.1, 0.15) is 51.4 Å². The zero-order valence-electron chi connectivity index (χ0n) is 15.2. The van der Waals surface area contributed by atoms with Crippen LogP contribution in [0.15, 0.2) is 12.1 Å². The van der Waals surface area contributed by atoms with E-state index in [1.165, 1.54) is 44.5 Å². The Morgan fingerprint density at radius 1 is 0.571 bits per heavy atom. The van der Waals surface area contributed by atoms with Gasteiger partial charge in [-0.05, 0) is 0 Å². The maximum Gasteiger partial charge on any atom is -0.0632 e. The van der Waals surface area contributed by atoms with Crippen molar-refractivity contribution in [3.8, 4) is 0 Å². The van der Waals surface area contributed by atoms with Crippen molar-refractivity contribution in [3.05, 3.63) is 56.6 Å². The monoisotopic (exact) mass is 318 g/mol. The Bertz CT molecular complexity index is 484. The van der Waals surface area contributed by atoms with Crippen molar-refractivity contribution in [2.75, 3.05) is 0 Å². The molecule has 0 nitrogen and oxygen atoms in total. The Morgan fingerprint density at radius 2 is 0.714 bits per heavy atom. The van der Waals surface area contributed by atoms with Crippen LogP contribution in [0.2, 0.25) is 0 Å². The van der Waals surface area contributed by atoms with Gasteiger partial charge in [-0.15, -0.1) is 0 Å². The molecule has 0 aromatic heterocycles. The zero-order chi connectivity index (χ0) is 16.7. The van der Waals surface area contributed by atoms with E-state index in [4.69, 9.17) is 0 Å². The van der Waals surface area contributed by atoms with Gasteiger partial charge in [0.05, 0.1) is 0 Å². The van der Waals surface area contributed by atoms with Gasteiger partial charge in [0.25, 0.3) is 0 Å². The summed E-state index contributed by atoms with van der Waals surface area (Å²) in [5.41, 5.74) is 11.5. The predicted octanol–water partition coefficient (Wildman–Crippen LogP) is 5.63. The Hall–Kier alpha value is -0.716. The second-order valence-corrected chi connectivity index (χ2v) is 6.71. The van der Waals surface area contributed by atoms with Crippen LogP contribution in [-0.2, 0) is 20.0 Å². The van der Waals surface area contributed by atoms with E-state index in [-0.39, 0.29) is 0 Å². The molecule has 2 aromatic carbocycles. The molecule has 0 aliphatic rings. The molecule has 2 aromatic rings. The van der Waals surface area contributed by atoms with Crippen LogP contribution < -0.4 is 0 Å². The third kappa shape index (κ3) is 5.89. The molecule has 0 unspecified atom stereocenters. The maximum atomic E-state index is 2.24. The topological polar surface area (TPSA) is 0 Å². The molecule has 0 spiro atoms. The van der Waals surface area contributed by atoms with Crippen LogP contribution in [0, 0.1) is 55.4 Å².